The highest BCUT2D eigenvalue weighted by Gasteiger charge is 2.48. The first-order valence-electron chi connectivity index (χ1n) is 6.59. The van der Waals surface area contributed by atoms with Crippen LogP contribution in [0.2, 0.25) is 0 Å². The molecule has 0 saturated heterocycles. The van der Waals surface area contributed by atoms with Gasteiger partial charge in [-0.25, -0.2) is 0 Å². The molecular formula is C14H19N3O4. The van der Waals surface area contributed by atoms with Gasteiger partial charge < -0.3 is 25.7 Å². The molecule has 7 heteroatoms. The molecule has 1 saturated carbocycles. The van der Waals surface area contributed by atoms with Crippen molar-refractivity contribution in [3.05, 3.63) is 18.2 Å². The summed E-state index contributed by atoms with van der Waals surface area (Å²) in [6, 6.07) is 5.10. The monoisotopic (exact) mass is 293 g/mol. The summed E-state index contributed by atoms with van der Waals surface area (Å²) >= 11 is 0. The lowest BCUT2D eigenvalue weighted by molar-refractivity contribution is -0.125. The summed E-state index contributed by atoms with van der Waals surface area (Å²) in [5, 5.41) is 14.6. The van der Waals surface area contributed by atoms with E-state index in [2.05, 4.69) is 10.5 Å². The van der Waals surface area contributed by atoms with Gasteiger partial charge in [-0.2, -0.15) is 0 Å². The Labute approximate surface area is 122 Å². The van der Waals surface area contributed by atoms with Crippen molar-refractivity contribution in [2.75, 3.05) is 19.5 Å². The fourth-order valence-corrected chi connectivity index (χ4v) is 2.38. The van der Waals surface area contributed by atoms with Crippen molar-refractivity contribution in [2.45, 2.75) is 19.3 Å². The average Bonchev–Trinajstić information content (AvgIpc) is 2.45. The molecule has 0 heterocycles. The van der Waals surface area contributed by atoms with Gasteiger partial charge in [0.15, 0.2) is 5.84 Å². The molecule has 1 aromatic carbocycles. The van der Waals surface area contributed by atoms with Crippen molar-refractivity contribution in [1.82, 2.24) is 0 Å². The molecule has 0 spiro atoms. The molecule has 21 heavy (non-hydrogen) atoms. The zero-order chi connectivity index (χ0) is 15.5. The highest BCUT2D eigenvalue weighted by atomic mass is 16.5. The second-order valence-electron chi connectivity index (χ2n) is 4.94. The maximum absolute atomic E-state index is 12.5. The number of nitrogens with one attached hydrogen (secondary N) is 1. The number of rotatable bonds is 5. The van der Waals surface area contributed by atoms with Gasteiger partial charge in [-0.1, -0.05) is 11.6 Å². The third kappa shape index (κ3) is 2.58. The van der Waals surface area contributed by atoms with E-state index in [1.807, 2.05) is 0 Å². The molecule has 0 atom stereocenters. The number of methoxy groups -OCH3 is 2. The second-order valence-corrected chi connectivity index (χ2v) is 4.94. The molecule has 0 unspecified atom stereocenters. The van der Waals surface area contributed by atoms with Crippen molar-refractivity contribution >= 4 is 17.4 Å². The average molecular weight is 293 g/mol. The van der Waals surface area contributed by atoms with Gasteiger partial charge in [0.05, 0.1) is 19.9 Å². The van der Waals surface area contributed by atoms with Crippen LogP contribution in [0.5, 0.6) is 11.5 Å². The van der Waals surface area contributed by atoms with E-state index in [1.54, 1.807) is 18.2 Å². The molecule has 0 aromatic heterocycles. The van der Waals surface area contributed by atoms with Crippen LogP contribution in [0.15, 0.2) is 23.4 Å². The van der Waals surface area contributed by atoms with E-state index >= 15 is 0 Å². The third-order valence-electron chi connectivity index (χ3n) is 3.89. The largest absolute Gasteiger partial charge is 0.497 e. The number of benzene rings is 1. The van der Waals surface area contributed by atoms with Gasteiger partial charge in [-0.15, -0.1) is 0 Å². The van der Waals surface area contributed by atoms with Gasteiger partial charge >= 0.3 is 0 Å². The first kappa shape index (κ1) is 15.0. The Balaban J connectivity index is 2.27. The summed E-state index contributed by atoms with van der Waals surface area (Å²) in [5.74, 6) is 0.736. The van der Waals surface area contributed by atoms with E-state index in [9.17, 15) is 4.79 Å². The van der Waals surface area contributed by atoms with E-state index in [1.165, 1.54) is 14.2 Å². The molecule has 4 N–H and O–H groups in total. The van der Waals surface area contributed by atoms with Crippen LogP contribution in [0.1, 0.15) is 19.3 Å². The molecule has 1 aliphatic carbocycles. The van der Waals surface area contributed by atoms with Gasteiger partial charge in [0, 0.05) is 6.07 Å². The number of oxime groups is 1. The minimum atomic E-state index is -0.942. The van der Waals surface area contributed by atoms with Gasteiger partial charge in [-0.3, -0.25) is 4.79 Å². The molecule has 0 bridgehead atoms. The van der Waals surface area contributed by atoms with E-state index in [-0.39, 0.29) is 11.7 Å². The van der Waals surface area contributed by atoms with E-state index < -0.39 is 5.41 Å². The van der Waals surface area contributed by atoms with Crippen LogP contribution in [0, 0.1) is 5.41 Å². The second kappa shape index (κ2) is 5.90. The first-order chi connectivity index (χ1) is 10.1. The molecule has 2 rings (SSSR count). The maximum atomic E-state index is 12.5. The number of amidine groups is 1. The normalized spacial score (nSPS) is 16.8. The number of ether oxygens (including phenoxy) is 2. The standard InChI is InChI=1S/C14H19N3O4/c1-20-9-4-5-11(21-2)10(8-9)16-13(18)14(6-3-7-14)12(15)17-19/h4-5,8,19H,3,6-7H2,1-2H3,(H2,15,17)(H,16,18). The quantitative estimate of drug-likeness (QED) is 0.330. The number of hydrogen-bond donors (Lipinski definition) is 3. The Kier molecular flexibility index (Phi) is 4.21. The van der Waals surface area contributed by atoms with Crippen LogP contribution in [0.3, 0.4) is 0 Å². The number of nitrogens with two attached hydrogens (primary N) is 1. The molecule has 0 radical (unpaired) electrons. The first-order valence-corrected chi connectivity index (χ1v) is 6.59. The summed E-state index contributed by atoms with van der Waals surface area (Å²) < 4.78 is 10.4. The Morgan fingerprint density at radius 2 is 2.10 bits per heavy atom. The summed E-state index contributed by atoms with van der Waals surface area (Å²) in [6.45, 7) is 0. The molecule has 1 aliphatic rings. The number of carbonyl (C=O) groups excluding carboxylic acids is 1. The lowest BCUT2D eigenvalue weighted by Crippen LogP contribution is -2.51. The zero-order valence-electron chi connectivity index (χ0n) is 12.0. The summed E-state index contributed by atoms with van der Waals surface area (Å²) in [7, 11) is 3.05. The van der Waals surface area contributed by atoms with Crippen LogP contribution in [-0.2, 0) is 4.79 Å². The van der Waals surface area contributed by atoms with E-state index in [4.69, 9.17) is 20.4 Å². The SMILES string of the molecule is COc1ccc(OC)c(NC(=O)C2(/C(N)=N/O)CCC2)c1. The number of amides is 1. The predicted octanol–water partition coefficient (Wildman–Crippen LogP) is 1.56. The Hall–Kier alpha value is -2.44. The number of nitrogens with zero attached hydrogens (tertiary/aromatic N) is 1. The number of carbonyl (C=O) groups is 1. The Morgan fingerprint density at radius 1 is 1.38 bits per heavy atom. The molecular weight excluding hydrogens is 274 g/mol. The smallest absolute Gasteiger partial charge is 0.238 e. The van der Waals surface area contributed by atoms with Crippen LogP contribution < -0.4 is 20.5 Å². The Bertz CT molecular complexity index is 567. The van der Waals surface area contributed by atoms with Crippen molar-refractivity contribution in [1.29, 1.82) is 0 Å². The number of anilines is 1. The summed E-state index contributed by atoms with van der Waals surface area (Å²) in [5.41, 5.74) is 5.22. The van der Waals surface area contributed by atoms with Crippen LogP contribution in [0.25, 0.3) is 0 Å². The van der Waals surface area contributed by atoms with Crippen molar-refractivity contribution in [3.63, 3.8) is 0 Å². The maximum Gasteiger partial charge on any atom is 0.238 e. The number of hydrogen-bond acceptors (Lipinski definition) is 5. The highest BCUT2D eigenvalue weighted by molar-refractivity contribution is 6.13. The summed E-state index contributed by atoms with van der Waals surface area (Å²) in [6.07, 6.45) is 1.97. The zero-order valence-corrected chi connectivity index (χ0v) is 12.0. The minimum absolute atomic E-state index is 0.0619. The van der Waals surface area contributed by atoms with Crippen LogP contribution in [-0.4, -0.2) is 31.2 Å². The molecule has 1 aromatic rings. The van der Waals surface area contributed by atoms with Gasteiger partial charge in [-0.05, 0) is 25.0 Å². The molecule has 1 amide bonds. The molecule has 0 aliphatic heterocycles. The lowest BCUT2D eigenvalue weighted by Gasteiger charge is -2.38. The summed E-state index contributed by atoms with van der Waals surface area (Å²) in [4.78, 5) is 12.5. The van der Waals surface area contributed by atoms with E-state index in [0.717, 1.165) is 6.42 Å². The lowest BCUT2D eigenvalue weighted by atomic mass is 9.67. The topological polar surface area (TPSA) is 106 Å². The molecule has 7 nitrogen and oxygen atoms in total. The predicted molar refractivity (Wildman–Crippen MR) is 77.9 cm³/mol. The fraction of sp³-hybridized carbons (Fsp3) is 0.429. The fourth-order valence-electron chi connectivity index (χ4n) is 2.38. The van der Waals surface area contributed by atoms with Gasteiger partial charge in [0.2, 0.25) is 5.91 Å². The van der Waals surface area contributed by atoms with Gasteiger partial charge in [0.25, 0.3) is 0 Å². The van der Waals surface area contributed by atoms with Crippen molar-refractivity contribution in [3.8, 4) is 11.5 Å². The van der Waals surface area contributed by atoms with Crippen molar-refractivity contribution in [2.24, 2.45) is 16.3 Å². The molecule has 114 valence electrons. The minimum Gasteiger partial charge on any atom is -0.497 e. The molecule has 1 fully saturated rings. The van der Waals surface area contributed by atoms with Crippen molar-refractivity contribution < 1.29 is 19.5 Å². The third-order valence-corrected chi connectivity index (χ3v) is 3.89. The highest BCUT2D eigenvalue weighted by Crippen LogP contribution is 2.43. The van der Waals surface area contributed by atoms with E-state index in [0.29, 0.717) is 30.0 Å². The van der Waals surface area contributed by atoms with Gasteiger partial charge in [0.1, 0.15) is 16.9 Å². The van der Waals surface area contributed by atoms with Crippen LogP contribution in [0.4, 0.5) is 5.69 Å². The Morgan fingerprint density at radius 3 is 2.57 bits per heavy atom. The van der Waals surface area contributed by atoms with Crippen LogP contribution >= 0.6 is 0 Å².